The van der Waals surface area contributed by atoms with Gasteiger partial charge in [-0.1, -0.05) is 19.1 Å². The fourth-order valence-electron chi connectivity index (χ4n) is 4.71. The fraction of sp³-hybridized carbons (Fsp3) is 0.462. The summed E-state index contributed by atoms with van der Waals surface area (Å²) in [6.45, 7) is 4.98. The summed E-state index contributed by atoms with van der Waals surface area (Å²) < 4.78 is 30.0. The average molecular weight is 487 g/mol. The number of hydrogen-bond donors (Lipinski definition) is 1. The second kappa shape index (κ2) is 11.5. The van der Waals surface area contributed by atoms with Gasteiger partial charge in [0.15, 0.2) is 0 Å². The molecule has 1 atom stereocenters. The maximum atomic E-state index is 13.0. The zero-order chi connectivity index (χ0) is 24.8. The Morgan fingerprint density at radius 1 is 1.03 bits per heavy atom. The van der Waals surface area contributed by atoms with Gasteiger partial charge >= 0.3 is 6.61 Å². The first kappa shape index (κ1) is 24.9. The van der Waals surface area contributed by atoms with Gasteiger partial charge in [-0.25, -0.2) is 0 Å². The molecule has 2 aliphatic heterocycles. The molecule has 0 spiro atoms. The molecular weight excluding hydrogens is 454 g/mol. The number of likely N-dealkylation sites (N-methyl/N-ethyl adjacent to an activating group) is 1. The number of anilines is 2. The minimum Gasteiger partial charge on any atom is -0.434 e. The number of piperazine rings is 1. The number of nitrogens with zero attached hydrogens (tertiary/aromatic N) is 3. The van der Waals surface area contributed by atoms with Gasteiger partial charge in [0.25, 0.3) is 5.91 Å². The van der Waals surface area contributed by atoms with Crippen molar-refractivity contribution in [3.05, 3.63) is 54.1 Å². The molecule has 2 fully saturated rings. The number of amides is 2. The van der Waals surface area contributed by atoms with Crippen LogP contribution in [0.2, 0.25) is 0 Å². The Bertz CT molecular complexity index is 1010. The second-order valence-electron chi connectivity index (χ2n) is 8.92. The molecule has 0 bridgehead atoms. The molecule has 0 saturated carbocycles. The second-order valence-corrected chi connectivity index (χ2v) is 8.92. The Kier molecular flexibility index (Phi) is 8.17. The van der Waals surface area contributed by atoms with Crippen LogP contribution in [0.3, 0.4) is 0 Å². The summed E-state index contributed by atoms with van der Waals surface area (Å²) in [5, 5.41) is 2.97. The van der Waals surface area contributed by atoms with Crippen LogP contribution in [-0.4, -0.2) is 74.0 Å². The lowest BCUT2D eigenvalue weighted by atomic mass is 9.96. The summed E-state index contributed by atoms with van der Waals surface area (Å²) >= 11 is 0. The van der Waals surface area contributed by atoms with E-state index in [1.165, 1.54) is 18.2 Å². The van der Waals surface area contributed by atoms with Gasteiger partial charge < -0.3 is 24.8 Å². The molecule has 2 aromatic carbocycles. The lowest BCUT2D eigenvalue weighted by molar-refractivity contribution is -0.121. The van der Waals surface area contributed by atoms with E-state index < -0.39 is 12.5 Å². The van der Waals surface area contributed by atoms with E-state index in [-0.39, 0.29) is 29.7 Å². The van der Waals surface area contributed by atoms with Crippen molar-refractivity contribution in [3.63, 3.8) is 0 Å². The molecule has 9 heteroatoms. The summed E-state index contributed by atoms with van der Waals surface area (Å²) in [4.78, 5) is 32.3. The number of alkyl halides is 2. The van der Waals surface area contributed by atoms with Crippen LogP contribution in [0.1, 0.15) is 30.1 Å². The van der Waals surface area contributed by atoms with E-state index in [9.17, 15) is 18.4 Å². The molecular formula is C26H32F2N4O3. The van der Waals surface area contributed by atoms with Crippen molar-refractivity contribution in [2.24, 2.45) is 5.92 Å². The highest BCUT2D eigenvalue weighted by Crippen LogP contribution is 2.26. The quantitative estimate of drug-likeness (QED) is 0.643. The number of para-hydroxylation sites is 1. The van der Waals surface area contributed by atoms with Crippen LogP contribution in [-0.2, 0) is 4.79 Å². The molecule has 188 valence electrons. The van der Waals surface area contributed by atoms with Crippen molar-refractivity contribution in [1.29, 1.82) is 0 Å². The highest BCUT2D eigenvalue weighted by molar-refractivity contribution is 5.98. The number of halogens is 2. The Labute approximate surface area is 204 Å². The lowest BCUT2D eigenvalue weighted by Gasteiger charge is -2.35. The summed E-state index contributed by atoms with van der Waals surface area (Å²) in [5.41, 5.74) is 1.92. The zero-order valence-corrected chi connectivity index (χ0v) is 20.0. The maximum absolute atomic E-state index is 13.0. The molecule has 2 aromatic rings. The van der Waals surface area contributed by atoms with Gasteiger partial charge in [-0.05, 0) is 55.8 Å². The molecule has 4 rings (SSSR count). The van der Waals surface area contributed by atoms with Crippen molar-refractivity contribution in [1.82, 2.24) is 9.80 Å². The van der Waals surface area contributed by atoms with Gasteiger partial charge in [0.05, 0.1) is 11.5 Å². The monoisotopic (exact) mass is 486 g/mol. The third-order valence-electron chi connectivity index (χ3n) is 6.73. The first-order chi connectivity index (χ1) is 16.9. The number of likely N-dealkylation sites (tertiary alicyclic amines) is 1. The number of carbonyl (C=O) groups is 2. The van der Waals surface area contributed by atoms with Crippen LogP contribution in [0, 0.1) is 5.92 Å². The molecule has 2 heterocycles. The Morgan fingerprint density at radius 3 is 2.43 bits per heavy atom. The highest BCUT2D eigenvalue weighted by atomic mass is 19.3. The average Bonchev–Trinajstić information content (AvgIpc) is 2.89. The summed E-state index contributed by atoms with van der Waals surface area (Å²) in [6, 6.07) is 13.8. The molecule has 1 unspecified atom stereocenters. The minimum absolute atomic E-state index is 0.0733. The predicted molar refractivity (Wildman–Crippen MR) is 131 cm³/mol. The van der Waals surface area contributed by atoms with Crippen LogP contribution in [0.15, 0.2) is 48.5 Å². The Morgan fingerprint density at radius 2 is 1.74 bits per heavy atom. The number of benzene rings is 2. The number of piperidine rings is 1. The molecule has 0 aliphatic carbocycles. The van der Waals surface area contributed by atoms with Crippen molar-refractivity contribution in [3.8, 4) is 5.75 Å². The van der Waals surface area contributed by atoms with Gasteiger partial charge in [0.2, 0.25) is 5.91 Å². The van der Waals surface area contributed by atoms with Gasteiger partial charge in [0.1, 0.15) is 5.75 Å². The van der Waals surface area contributed by atoms with E-state index in [0.29, 0.717) is 25.1 Å². The van der Waals surface area contributed by atoms with E-state index in [0.717, 1.165) is 38.4 Å². The van der Waals surface area contributed by atoms with E-state index in [2.05, 4.69) is 26.8 Å². The Hall–Kier alpha value is -3.20. The lowest BCUT2D eigenvalue weighted by Crippen LogP contribution is -2.46. The molecule has 0 aromatic heterocycles. The molecule has 2 amide bonds. The summed E-state index contributed by atoms with van der Waals surface area (Å²) in [7, 11) is 0. The third kappa shape index (κ3) is 6.28. The normalized spacial score (nSPS) is 19.0. The van der Waals surface area contributed by atoms with Gasteiger partial charge in [-0.15, -0.1) is 0 Å². The topological polar surface area (TPSA) is 65.1 Å². The SMILES string of the molecule is CCN1CCN(c2ccc(NC(=O)C3CCCN(C(=O)c4ccccc4OC(F)F)C3)cc2)CC1. The first-order valence-corrected chi connectivity index (χ1v) is 12.2. The zero-order valence-electron chi connectivity index (χ0n) is 20.0. The first-order valence-electron chi connectivity index (χ1n) is 12.2. The van der Waals surface area contributed by atoms with Crippen molar-refractivity contribution >= 4 is 23.2 Å². The van der Waals surface area contributed by atoms with E-state index >= 15 is 0 Å². The van der Waals surface area contributed by atoms with Gasteiger partial charge in [-0.2, -0.15) is 8.78 Å². The number of ether oxygens (including phenoxy) is 1. The fourth-order valence-corrected chi connectivity index (χ4v) is 4.71. The number of hydrogen-bond acceptors (Lipinski definition) is 5. The minimum atomic E-state index is -3.02. The van der Waals surface area contributed by atoms with E-state index in [4.69, 9.17) is 0 Å². The number of carbonyl (C=O) groups excluding carboxylic acids is 2. The van der Waals surface area contributed by atoms with E-state index in [1.54, 1.807) is 11.0 Å². The number of rotatable bonds is 7. The van der Waals surface area contributed by atoms with Crippen LogP contribution in [0.25, 0.3) is 0 Å². The van der Waals surface area contributed by atoms with Crippen molar-refractivity contribution < 1.29 is 23.1 Å². The van der Waals surface area contributed by atoms with E-state index in [1.807, 2.05) is 24.3 Å². The van der Waals surface area contributed by atoms with Crippen LogP contribution in [0.5, 0.6) is 5.75 Å². The predicted octanol–water partition coefficient (Wildman–Crippen LogP) is 3.92. The molecule has 35 heavy (non-hydrogen) atoms. The van der Waals surface area contributed by atoms with Gasteiger partial charge in [-0.3, -0.25) is 9.59 Å². The molecule has 7 nitrogen and oxygen atoms in total. The maximum Gasteiger partial charge on any atom is 0.387 e. The molecule has 1 N–H and O–H groups in total. The van der Waals surface area contributed by atoms with Crippen LogP contribution in [0.4, 0.5) is 20.2 Å². The Balaban J connectivity index is 1.34. The summed E-state index contributed by atoms with van der Waals surface area (Å²) in [6.07, 6.45) is 1.31. The smallest absolute Gasteiger partial charge is 0.387 e. The van der Waals surface area contributed by atoms with Crippen LogP contribution < -0.4 is 15.0 Å². The third-order valence-corrected chi connectivity index (χ3v) is 6.73. The standard InChI is InChI=1S/C26H32F2N4O3/c1-2-30-14-16-31(17-15-30)21-11-9-20(10-12-21)29-24(33)19-6-5-13-32(18-19)25(34)22-7-3-4-8-23(22)35-26(27)28/h3-4,7-12,19,26H,2,5-6,13-18H2,1H3,(H,29,33). The van der Waals surface area contributed by atoms with Crippen LogP contribution >= 0.6 is 0 Å². The molecule has 0 radical (unpaired) electrons. The van der Waals surface area contributed by atoms with Crippen molar-refractivity contribution in [2.75, 3.05) is 56.0 Å². The molecule has 2 saturated heterocycles. The van der Waals surface area contributed by atoms with Gasteiger partial charge in [0, 0.05) is 50.6 Å². The largest absolute Gasteiger partial charge is 0.434 e. The highest BCUT2D eigenvalue weighted by Gasteiger charge is 2.30. The summed E-state index contributed by atoms with van der Waals surface area (Å²) in [5.74, 6) is -1.09. The van der Waals surface area contributed by atoms with Crippen molar-refractivity contribution in [2.45, 2.75) is 26.4 Å². The number of nitrogens with one attached hydrogen (secondary N) is 1. The molecule has 2 aliphatic rings.